The lowest BCUT2D eigenvalue weighted by Gasteiger charge is -2.25. The molecule has 0 radical (unpaired) electrons. The van der Waals surface area contributed by atoms with Crippen molar-refractivity contribution in [3.63, 3.8) is 0 Å². The summed E-state index contributed by atoms with van der Waals surface area (Å²) in [7, 11) is 0. The summed E-state index contributed by atoms with van der Waals surface area (Å²) in [5.74, 6) is -0.307. The molecule has 0 aliphatic heterocycles. The number of hydrogen-bond acceptors (Lipinski definition) is 4. The Morgan fingerprint density at radius 3 is 2.54 bits per heavy atom. The first-order valence-corrected chi connectivity index (χ1v) is 9.51. The van der Waals surface area contributed by atoms with E-state index in [0.717, 1.165) is 22.7 Å². The van der Waals surface area contributed by atoms with Crippen LogP contribution in [0.1, 0.15) is 18.1 Å². The van der Waals surface area contributed by atoms with Crippen LogP contribution < -0.4 is 16.0 Å². The fraction of sp³-hybridized carbons (Fsp3) is 0.300. The zero-order valence-corrected chi connectivity index (χ0v) is 16.2. The minimum absolute atomic E-state index is 0.0982. The molecule has 0 fully saturated rings. The average molecular weight is 372 g/mol. The van der Waals surface area contributed by atoms with E-state index in [1.807, 2.05) is 36.1 Å². The smallest absolute Gasteiger partial charge is 0.243 e. The van der Waals surface area contributed by atoms with Crippen LogP contribution in [-0.2, 0) is 9.59 Å². The van der Waals surface area contributed by atoms with Gasteiger partial charge in [0.1, 0.15) is 0 Å². The van der Waals surface area contributed by atoms with Gasteiger partial charge in [-0.05, 0) is 44.5 Å². The summed E-state index contributed by atoms with van der Waals surface area (Å²) in [5.41, 5.74) is 9.32. The highest BCUT2D eigenvalue weighted by Gasteiger charge is 2.14. The fourth-order valence-corrected chi connectivity index (χ4v) is 3.48. The Hall–Kier alpha value is -2.47. The van der Waals surface area contributed by atoms with E-state index in [1.165, 1.54) is 17.3 Å². The molecular weight excluding hydrogens is 346 g/mol. The largest absolute Gasteiger partial charge is 0.369 e. The van der Waals surface area contributed by atoms with Crippen LogP contribution in [0.25, 0.3) is 0 Å². The van der Waals surface area contributed by atoms with Gasteiger partial charge >= 0.3 is 0 Å². The third kappa shape index (κ3) is 5.52. The van der Waals surface area contributed by atoms with Crippen LogP contribution in [0.3, 0.4) is 0 Å². The number of aryl methyl sites for hydroxylation is 2. The molecule has 3 N–H and O–H groups in total. The molecule has 0 saturated heterocycles. The van der Waals surface area contributed by atoms with Crippen molar-refractivity contribution in [1.82, 2.24) is 0 Å². The van der Waals surface area contributed by atoms with Crippen molar-refractivity contribution >= 4 is 35.0 Å². The Morgan fingerprint density at radius 2 is 1.88 bits per heavy atom. The van der Waals surface area contributed by atoms with Gasteiger partial charge in [0, 0.05) is 17.1 Å². The average Bonchev–Trinajstić information content (AvgIpc) is 2.59. The van der Waals surface area contributed by atoms with Crippen molar-refractivity contribution in [2.45, 2.75) is 25.7 Å². The molecule has 2 amide bonds. The number of primary amides is 1. The van der Waals surface area contributed by atoms with Crippen LogP contribution in [0.15, 0.2) is 47.4 Å². The number of anilines is 2. The first-order valence-electron chi connectivity index (χ1n) is 8.53. The number of amides is 2. The lowest BCUT2D eigenvalue weighted by Crippen LogP contribution is -2.33. The summed E-state index contributed by atoms with van der Waals surface area (Å²) < 4.78 is 0. The molecule has 0 atom stereocenters. The van der Waals surface area contributed by atoms with E-state index in [2.05, 4.69) is 37.4 Å². The predicted octanol–water partition coefficient (Wildman–Crippen LogP) is 3.35. The molecule has 2 rings (SSSR count). The monoisotopic (exact) mass is 371 g/mol. The molecule has 2 aromatic carbocycles. The molecule has 0 aromatic heterocycles. The van der Waals surface area contributed by atoms with Crippen molar-refractivity contribution in [1.29, 1.82) is 0 Å². The van der Waals surface area contributed by atoms with Gasteiger partial charge in [0.15, 0.2) is 0 Å². The number of carbonyl (C=O) groups excluding carboxylic acids is 2. The number of benzene rings is 2. The number of thioether (sulfide) groups is 1. The third-order valence-electron chi connectivity index (χ3n) is 3.94. The molecule has 26 heavy (non-hydrogen) atoms. The van der Waals surface area contributed by atoms with Gasteiger partial charge in [0.05, 0.1) is 18.0 Å². The highest BCUT2D eigenvalue weighted by Crippen LogP contribution is 2.27. The maximum absolute atomic E-state index is 12.6. The quantitative estimate of drug-likeness (QED) is 0.698. The molecule has 0 spiro atoms. The summed E-state index contributed by atoms with van der Waals surface area (Å²) in [5, 5.41) is 2.95. The van der Waals surface area contributed by atoms with Gasteiger partial charge in [-0.3, -0.25) is 9.59 Å². The molecule has 0 saturated carbocycles. The van der Waals surface area contributed by atoms with E-state index in [0.29, 0.717) is 5.69 Å². The Labute approximate surface area is 159 Å². The van der Waals surface area contributed by atoms with Crippen molar-refractivity contribution in [3.8, 4) is 0 Å². The van der Waals surface area contributed by atoms with Gasteiger partial charge < -0.3 is 16.0 Å². The zero-order valence-electron chi connectivity index (χ0n) is 15.4. The second-order valence-corrected chi connectivity index (χ2v) is 7.12. The number of nitrogens with two attached hydrogens (primary N) is 1. The topological polar surface area (TPSA) is 75.4 Å². The van der Waals surface area contributed by atoms with E-state index >= 15 is 0 Å². The second kappa shape index (κ2) is 9.29. The summed E-state index contributed by atoms with van der Waals surface area (Å²) in [4.78, 5) is 26.5. The third-order valence-corrected chi connectivity index (χ3v) is 5.04. The predicted molar refractivity (Wildman–Crippen MR) is 109 cm³/mol. The van der Waals surface area contributed by atoms with E-state index in [1.54, 1.807) is 0 Å². The molecule has 0 aliphatic rings. The first-order chi connectivity index (χ1) is 12.4. The van der Waals surface area contributed by atoms with Crippen LogP contribution >= 0.6 is 11.8 Å². The zero-order chi connectivity index (χ0) is 19.1. The number of carbonyl (C=O) groups is 2. The van der Waals surface area contributed by atoms with Gasteiger partial charge in [-0.25, -0.2) is 0 Å². The lowest BCUT2D eigenvalue weighted by atomic mass is 10.1. The van der Waals surface area contributed by atoms with Crippen LogP contribution in [0, 0.1) is 13.8 Å². The molecular formula is C20H25N3O2S. The molecule has 5 nitrogen and oxygen atoms in total. The van der Waals surface area contributed by atoms with Gasteiger partial charge in [0.2, 0.25) is 11.8 Å². The van der Waals surface area contributed by atoms with Crippen LogP contribution in [-0.4, -0.2) is 30.7 Å². The van der Waals surface area contributed by atoms with Gasteiger partial charge in [0.25, 0.3) is 0 Å². The molecule has 0 aliphatic carbocycles. The minimum atomic E-state index is -0.386. The standard InChI is InChI=1S/C20H25N3O2S/c1-4-23(17-10-9-14(2)11-15(17)3)12-20(25)22-16-7-5-6-8-18(16)26-13-19(21)24/h5-11H,4,12-13H2,1-3H3,(H2,21,24)(H,22,25). The van der Waals surface area contributed by atoms with E-state index < -0.39 is 0 Å². The highest BCUT2D eigenvalue weighted by molar-refractivity contribution is 8.00. The molecule has 0 bridgehead atoms. The minimum Gasteiger partial charge on any atom is -0.369 e. The Kier molecular flexibility index (Phi) is 7.09. The van der Waals surface area contributed by atoms with Crippen LogP contribution in [0.5, 0.6) is 0 Å². The van der Waals surface area contributed by atoms with E-state index in [-0.39, 0.29) is 24.1 Å². The lowest BCUT2D eigenvalue weighted by molar-refractivity contribution is -0.116. The molecule has 138 valence electrons. The maximum Gasteiger partial charge on any atom is 0.243 e. The Balaban J connectivity index is 2.08. The summed E-state index contributed by atoms with van der Waals surface area (Å²) in [6.07, 6.45) is 0. The normalized spacial score (nSPS) is 10.4. The SMILES string of the molecule is CCN(CC(=O)Nc1ccccc1SCC(N)=O)c1ccc(C)cc1C. The summed E-state index contributed by atoms with van der Waals surface area (Å²) >= 11 is 1.32. The first kappa shape index (κ1) is 19.8. The van der Waals surface area contributed by atoms with Crippen LogP contribution in [0.4, 0.5) is 11.4 Å². The number of nitrogens with one attached hydrogen (secondary N) is 1. The molecule has 0 heterocycles. The number of likely N-dealkylation sites (N-methyl/N-ethyl adjacent to an activating group) is 1. The number of hydrogen-bond donors (Lipinski definition) is 2. The number of para-hydroxylation sites is 1. The maximum atomic E-state index is 12.6. The van der Waals surface area contributed by atoms with Crippen molar-refractivity contribution < 1.29 is 9.59 Å². The number of rotatable bonds is 8. The second-order valence-electron chi connectivity index (χ2n) is 6.10. The van der Waals surface area contributed by atoms with Gasteiger partial charge in [-0.15, -0.1) is 11.8 Å². The van der Waals surface area contributed by atoms with E-state index in [4.69, 9.17) is 5.73 Å². The molecule has 2 aromatic rings. The summed E-state index contributed by atoms with van der Waals surface area (Å²) in [6, 6.07) is 13.6. The Morgan fingerprint density at radius 1 is 1.15 bits per heavy atom. The molecule has 0 unspecified atom stereocenters. The van der Waals surface area contributed by atoms with Crippen molar-refractivity contribution in [2.75, 3.05) is 29.1 Å². The van der Waals surface area contributed by atoms with Gasteiger partial charge in [-0.2, -0.15) is 0 Å². The van der Waals surface area contributed by atoms with Crippen LogP contribution in [0.2, 0.25) is 0 Å². The number of nitrogens with zero attached hydrogens (tertiary/aromatic N) is 1. The van der Waals surface area contributed by atoms with E-state index in [9.17, 15) is 9.59 Å². The highest BCUT2D eigenvalue weighted by atomic mass is 32.2. The van der Waals surface area contributed by atoms with Crippen molar-refractivity contribution in [3.05, 3.63) is 53.6 Å². The van der Waals surface area contributed by atoms with Gasteiger partial charge in [-0.1, -0.05) is 29.8 Å². The van der Waals surface area contributed by atoms with Crippen molar-refractivity contribution in [2.24, 2.45) is 5.73 Å². The summed E-state index contributed by atoms with van der Waals surface area (Å²) in [6.45, 7) is 7.13. The molecule has 6 heteroatoms. The fourth-order valence-electron chi connectivity index (χ4n) is 2.74. The Bertz CT molecular complexity index is 792.